The topological polar surface area (TPSA) is 98.1 Å². The van der Waals surface area contributed by atoms with E-state index in [1.165, 1.54) is 0 Å². The molecule has 11 heavy (non-hydrogen) atoms. The van der Waals surface area contributed by atoms with E-state index in [2.05, 4.69) is 0 Å². The number of hydrogen-bond donors (Lipinski definition) is 3. The average Bonchev–Trinajstić information content (AvgIpc) is 2.17. The molecule has 1 rings (SSSR count). The molecule has 1 heterocycles. The molecule has 0 aliphatic carbocycles. The van der Waals surface area contributed by atoms with Gasteiger partial charge in [-0.05, 0) is 0 Å². The van der Waals surface area contributed by atoms with Crippen LogP contribution in [0.2, 0.25) is 0 Å². The van der Waals surface area contributed by atoms with Crippen LogP contribution in [0.4, 0.5) is 0 Å². The number of carbonyl (C=O) groups is 2. The van der Waals surface area contributed by atoms with Crippen molar-refractivity contribution in [3.63, 3.8) is 0 Å². The number of hydrogen-bond acceptors (Lipinski definition) is 4. The Hall–Kier alpha value is -1.56. The lowest BCUT2D eigenvalue weighted by atomic mass is 10.3. The van der Waals surface area contributed by atoms with Crippen LogP contribution in [0.1, 0.15) is 0 Å². The third-order valence-corrected chi connectivity index (χ3v) is 1.29. The summed E-state index contributed by atoms with van der Waals surface area (Å²) in [5.41, 5.74) is -0.488. The molecule has 1 aliphatic heterocycles. The van der Waals surface area contributed by atoms with Crippen molar-refractivity contribution in [2.24, 2.45) is 0 Å². The van der Waals surface area contributed by atoms with E-state index in [0.29, 0.717) is 0 Å². The molecule has 0 saturated heterocycles. The summed E-state index contributed by atoms with van der Waals surface area (Å²) in [5, 5.41) is 25.8. The van der Waals surface area contributed by atoms with E-state index in [1.54, 1.807) is 0 Å². The van der Waals surface area contributed by atoms with E-state index in [1.807, 2.05) is 0 Å². The number of nitrogens with zero attached hydrogens (tertiary/aromatic N) is 1. The first-order chi connectivity index (χ1) is 5.04. The third kappa shape index (κ3) is 1.03. The first kappa shape index (κ1) is 7.55. The Bertz CT molecular complexity index is 256. The van der Waals surface area contributed by atoms with Crippen LogP contribution >= 0.6 is 0 Å². The predicted octanol–water partition coefficient (Wildman–Crippen LogP) is -0.885. The standard InChI is InChI=1S/C5H5NO5/c7-3-2(5(9)10)1-6(11)4(3)8/h7,11H,1H2,(H,9,10). The van der Waals surface area contributed by atoms with Gasteiger partial charge in [0.1, 0.15) is 5.57 Å². The summed E-state index contributed by atoms with van der Waals surface area (Å²) in [4.78, 5) is 20.7. The largest absolute Gasteiger partial charge is 0.503 e. The maximum Gasteiger partial charge on any atom is 0.337 e. The Morgan fingerprint density at radius 2 is 2.09 bits per heavy atom. The minimum Gasteiger partial charge on any atom is -0.503 e. The van der Waals surface area contributed by atoms with Crippen LogP contribution in [0, 0.1) is 0 Å². The zero-order valence-electron chi connectivity index (χ0n) is 5.31. The van der Waals surface area contributed by atoms with Crippen molar-refractivity contribution in [2.75, 3.05) is 6.54 Å². The molecule has 0 radical (unpaired) electrons. The van der Waals surface area contributed by atoms with Gasteiger partial charge >= 0.3 is 11.9 Å². The zero-order valence-corrected chi connectivity index (χ0v) is 5.31. The molecule has 0 atom stereocenters. The van der Waals surface area contributed by atoms with Gasteiger partial charge < -0.3 is 10.2 Å². The Balaban J connectivity index is 2.98. The first-order valence-corrected chi connectivity index (χ1v) is 2.70. The summed E-state index contributed by atoms with van der Waals surface area (Å²) in [5.74, 6) is -3.39. The average molecular weight is 159 g/mol. The molecule has 0 aromatic rings. The molecule has 0 spiro atoms. The highest BCUT2D eigenvalue weighted by atomic mass is 16.5. The predicted molar refractivity (Wildman–Crippen MR) is 30.8 cm³/mol. The molecule has 1 amide bonds. The van der Waals surface area contributed by atoms with Gasteiger partial charge in [-0.3, -0.25) is 10.0 Å². The number of amides is 1. The van der Waals surface area contributed by atoms with Gasteiger partial charge in [0, 0.05) is 0 Å². The number of hydroxylamine groups is 2. The molecule has 3 N–H and O–H groups in total. The van der Waals surface area contributed by atoms with Gasteiger partial charge in [-0.1, -0.05) is 0 Å². The molecule has 0 fully saturated rings. The minimum absolute atomic E-state index is 0.138. The maximum atomic E-state index is 10.5. The summed E-state index contributed by atoms with van der Waals surface area (Å²) < 4.78 is 0. The monoisotopic (exact) mass is 159 g/mol. The first-order valence-electron chi connectivity index (χ1n) is 2.70. The lowest BCUT2D eigenvalue weighted by molar-refractivity contribution is -0.157. The van der Waals surface area contributed by atoms with Gasteiger partial charge in [0.25, 0.3) is 0 Å². The summed E-state index contributed by atoms with van der Waals surface area (Å²) in [6, 6.07) is 0. The Kier molecular flexibility index (Phi) is 1.54. The lowest BCUT2D eigenvalue weighted by Gasteiger charge is -2.02. The summed E-state index contributed by atoms with van der Waals surface area (Å²) in [6.45, 7) is -0.472. The van der Waals surface area contributed by atoms with Crippen molar-refractivity contribution in [3.05, 3.63) is 11.3 Å². The van der Waals surface area contributed by atoms with E-state index < -0.39 is 29.8 Å². The SMILES string of the molecule is O=C(O)C1=C(O)C(=O)N(O)C1. The highest BCUT2D eigenvalue weighted by molar-refractivity contribution is 6.03. The van der Waals surface area contributed by atoms with E-state index >= 15 is 0 Å². The molecule has 0 saturated carbocycles. The van der Waals surface area contributed by atoms with Crippen LogP contribution in [0.3, 0.4) is 0 Å². The van der Waals surface area contributed by atoms with Crippen LogP contribution in [0.5, 0.6) is 0 Å². The van der Waals surface area contributed by atoms with Crippen LogP contribution in [-0.2, 0) is 9.59 Å². The van der Waals surface area contributed by atoms with Crippen LogP contribution < -0.4 is 0 Å². The van der Waals surface area contributed by atoms with Crippen molar-refractivity contribution in [3.8, 4) is 0 Å². The van der Waals surface area contributed by atoms with E-state index in [-0.39, 0.29) is 5.06 Å². The Morgan fingerprint density at radius 3 is 2.27 bits per heavy atom. The lowest BCUT2D eigenvalue weighted by Crippen LogP contribution is -2.23. The fourth-order valence-electron chi connectivity index (χ4n) is 0.717. The van der Waals surface area contributed by atoms with Crippen molar-refractivity contribution in [1.82, 2.24) is 5.06 Å². The second-order valence-electron chi connectivity index (χ2n) is 2.00. The van der Waals surface area contributed by atoms with E-state index in [4.69, 9.17) is 15.4 Å². The fraction of sp³-hybridized carbons (Fsp3) is 0.200. The van der Waals surface area contributed by atoms with Crippen molar-refractivity contribution >= 4 is 11.9 Å². The van der Waals surface area contributed by atoms with Crippen molar-refractivity contribution in [1.29, 1.82) is 0 Å². The molecule has 0 aromatic heterocycles. The molecule has 0 unspecified atom stereocenters. The summed E-state index contributed by atoms with van der Waals surface area (Å²) >= 11 is 0. The van der Waals surface area contributed by atoms with Crippen molar-refractivity contribution < 1.29 is 25.0 Å². The zero-order chi connectivity index (χ0) is 8.59. The number of carbonyl (C=O) groups excluding carboxylic acids is 1. The molecule has 6 heteroatoms. The number of rotatable bonds is 1. The molecular formula is C5H5NO5. The van der Waals surface area contributed by atoms with Gasteiger partial charge in [-0.2, -0.15) is 0 Å². The van der Waals surface area contributed by atoms with Gasteiger partial charge in [0.2, 0.25) is 0 Å². The molecule has 6 nitrogen and oxygen atoms in total. The minimum atomic E-state index is -1.41. The highest BCUT2D eigenvalue weighted by Gasteiger charge is 2.32. The third-order valence-electron chi connectivity index (χ3n) is 1.29. The number of aliphatic carboxylic acids is 1. The number of carboxylic acid groups (broad SMARTS) is 1. The molecular weight excluding hydrogens is 154 g/mol. The molecule has 0 aromatic carbocycles. The van der Waals surface area contributed by atoms with Crippen LogP contribution in [-0.4, -0.2) is 38.9 Å². The molecule has 60 valence electrons. The smallest absolute Gasteiger partial charge is 0.337 e. The summed E-state index contributed by atoms with van der Waals surface area (Å²) in [7, 11) is 0. The van der Waals surface area contributed by atoms with Gasteiger partial charge in [-0.25, -0.2) is 9.86 Å². The van der Waals surface area contributed by atoms with E-state index in [9.17, 15) is 9.59 Å². The van der Waals surface area contributed by atoms with Gasteiger partial charge in [-0.15, -0.1) is 0 Å². The fourth-order valence-corrected chi connectivity index (χ4v) is 0.717. The second kappa shape index (κ2) is 2.24. The number of carboxylic acids is 1. The Morgan fingerprint density at radius 1 is 1.55 bits per heavy atom. The normalized spacial score (nSPS) is 17.9. The quantitative estimate of drug-likeness (QED) is 0.431. The summed E-state index contributed by atoms with van der Waals surface area (Å²) in [6.07, 6.45) is 0. The maximum absolute atomic E-state index is 10.5. The van der Waals surface area contributed by atoms with Gasteiger partial charge in [0.05, 0.1) is 6.54 Å². The second-order valence-corrected chi connectivity index (χ2v) is 2.00. The van der Waals surface area contributed by atoms with Crippen LogP contribution in [0.15, 0.2) is 11.3 Å². The highest BCUT2D eigenvalue weighted by Crippen LogP contribution is 2.14. The number of aliphatic hydroxyl groups is 1. The Labute approximate surface area is 60.9 Å². The molecule has 1 aliphatic rings. The van der Waals surface area contributed by atoms with Crippen LogP contribution in [0.25, 0.3) is 0 Å². The number of aliphatic hydroxyl groups excluding tert-OH is 1. The molecule has 0 bridgehead atoms. The van der Waals surface area contributed by atoms with Crippen molar-refractivity contribution in [2.45, 2.75) is 0 Å². The van der Waals surface area contributed by atoms with E-state index in [0.717, 1.165) is 0 Å². The van der Waals surface area contributed by atoms with Gasteiger partial charge in [0.15, 0.2) is 5.76 Å².